The third-order valence-corrected chi connectivity index (χ3v) is 1.60. The second-order valence-electron chi connectivity index (χ2n) is 5.69. The van der Waals surface area contributed by atoms with Crippen LogP contribution in [0.1, 0.15) is 41.5 Å². The Morgan fingerprint density at radius 1 is 0.933 bits per heavy atom. The van der Waals surface area contributed by atoms with Crippen molar-refractivity contribution in [3.8, 4) is 11.8 Å². The van der Waals surface area contributed by atoms with E-state index in [2.05, 4.69) is 17.2 Å². The Morgan fingerprint density at radius 3 is 1.73 bits per heavy atom. The fourth-order valence-corrected chi connectivity index (χ4v) is 0.769. The van der Waals surface area contributed by atoms with Gasteiger partial charge in [0, 0.05) is 12.1 Å². The maximum absolute atomic E-state index is 9.89. The first-order chi connectivity index (χ1) is 6.41. The van der Waals surface area contributed by atoms with E-state index in [1.807, 2.05) is 20.8 Å². The zero-order chi connectivity index (χ0) is 12.3. The van der Waals surface area contributed by atoms with Gasteiger partial charge in [0.05, 0.1) is 0 Å². The molecule has 0 rings (SSSR count). The molecule has 3 heteroatoms. The average molecular weight is 213 g/mol. The van der Waals surface area contributed by atoms with Crippen LogP contribution >= 0.6 is 0 Å². The van der Waals surface area contributed by atoms with Gasteiger partial charge in [0.15, 0.2) is 0 Å². The second-order valence-corrected chi connectivity index (χ2v) is 5.69. The number of rotatable bonds is 2. The lowest BCUT2D eigenvalue weighted by Crippen LogP contribution is -2.45. The van der Waals surface area contributed by atoms with Crippen molar-refractivity contribution >= 4 is 0 Å². The molecule has 1 unspecified atom stereocenters. The van der Waals surface area contributed by atoms with Crippen LogP contribution in [-0.2, 0) is 0 Å². The first-order valence-corrected chi connectivity index (χ1v) is 5.15. The third-order valence-electron chi connectivity index (χ3n) is 1.60. The summed E-state index contributed by atoms with van der Waals surface area (Å²) >= 11 is 0. The molecule has 0 aromatic rings. The molecular formula is C12H23NO2. The topological polar surface area (TPSA) is 52.5 Å². The van der Waals surface area contributed by atoms with Gasteiger partial charge in [-0.05, 0) is 41.5 Å². The van der Waals surface area contributed by atoms with E-state index in [4.69, 9.17) is 0 Å². The van der Waals surface area contributed by atoms with Crippen LogP contribution in [0.5, 0.6) is 0 Å². The Balaban J connectivity index is 4.36. The lowest BCUT2D eigenvalue weighted by Gasteiger charge is -2.26. The van der Waals surface area contributed by atoms with Crippen molar-refractivity contribution in [2.75, 3.05) is 6.54 Å². The van der Waals surface area contributed by atoms with Crippen molar-refractivity contribution in [1.82, 2.24) is 5.32 Å². The summed E-state index contributed by atoms with van der Waals surface area (Å²) in [6, 6.07) is 0. The highest BCUT2D eigenvalue weighted by molar-refractivity contribution is 5.18. The summed E-state index contributed by atoms with van der Waals surface area (Å²) in [5.41, 5.74) is -2.24. The molecule has 0 aliphatic heterocycles. The summed E-state index contributed by atoms with van der Waals surface area (Å²) in [6.45, 7) is 11.2. The van der Waals surface area contributed by atoms with Crippen LogP contribution in [0.25, 0.3) is 0 Å². The van der Waals surface area contributed by atoms with Crippen LogP contribution in [0.3, 0.4) is 0 Å². The van der Waals surface area contributed by atoms with Crippen molar-refractivity contribution in [3.63, 3.8) is 0 Å². The monoisotopic (exact) mass is 213 g/mol. The maximum Gasteiger partial charge on any atom is 0.135 e. The van der Waals surface area contributed by atoms with Gasteiger partial charge in [-0.25, -0.2) is 0 Å². The minimum Gasteiger partial charge on any atom is -0.378 e. The van der Waals surface area contributed by atoms with Crippen molar-refractivity contribution < 1.29 is 10.2 Å². The number of hydrogen-bond donors (Lipinski definition) is 3. The molecule has 0 bridgehead atoms. The van der Waals surface area contributed by atoms with Crippen molar-refractivity contribution in [2.45, 2.75) is 58.3 Å². The fourth-order valence-electron chi connectivity index (χ4n) is 0.769. The Bertz CT molecular complexity index is 258. The van der Waals surface area contributed by atoms with E-state index in [1.165, 1.54) is 0 Å². The molecule has 0 spiro atoms. The fraction of sp³-hybridized carbons (Fsp3) is 0.833. The van der Waals surface area contributed by atoms with Gasteiger partial charge in [-0.3, -0.25) is 0 Å². The molecule has 0 saturated heterocycles. The predicted molar refractivity (Wildman–Crippen MR) is 62.5 cm³/mol. The Kier molecular flexibility index (Phi) is 4.36. The predicted octanol–water partition coefficient (Wildman–Crippen LogP) is 0.900. The Hall–Kier alpha value is -0.560. The molecule has 3 nitrogen and oxygen atoms in total. The molecule has 0 radical (unpaired) electrons. The normalized spacial score (nSPS) is 16.5. The molecule has 1 atom stereocenters. The summed E-state index contributed by atoms with van der Waals surface area (Å²) in [4.78, 5) is 0. The molecule has 0 heterocycles. The summed E-state index contributed by atoms with van der Waals surface area (Å²) in [7, 11) is 0. The van der Waals surface area contributed by atoms with E-state index < -0.39 is 11.2 Å². The van der Waals surface area contributed by atoms with Gasteiger partial charge in [-0.1, -0.05) is 11.8 Å². The minimum atomic E-state index is -1.12. The van der Waals surface area contributed by atoms with Gasteiger partial charge >= 0.3 is 0 Å². The third kappa shape index (κ3) is 9.74. The molecule has 0 fully saturated rings. The molecular weight excluding hydrogens is 190 g/mol. The van der Waals surface area contributed by atoms with Gasteiger partial charge in [-0.15, -0.1) is 0 Å². The smallest absolute Gasteiger partial charge is 0.135 e. The molecule has 15 heavy (non-hydrogen) atoms. The summed E-state index contributed by atoms with van der Waals surface area (Å²) in [6.07, 6.45) is 0. The summed E-state index contributed by atoms with van der Waals surface area (Å²) < 4.78 is 0. The highest BCUT2D eigenvalue weighted by Gasteiger charge is 2.21. The average Bonchev–Trinajstić information content (AvgIpc) is 1.96. The van der Waals surface area contributed by atoms with E-state index in [1.54, 1.807) is 20.8 Å². The van der Waals surface area contributed by atoms with E-state index in [9.17, 15) is 10.2 Å². The number of nitrogens with one attached hydrogen (secondary N) is 1. The largest absolute Gasteiger partial charge is 0.378 e. The maximum atomic E-state index is 9.89. The highest BCUT2D eigenvalue weighted by atomic mass is 16.3. The lowest BCUT2D eigenvalue weighted by molar-refractivity contribution is 0.108. The number of hydrogen-bond acceptors (Lipinski definition) is 3. The van der Waals surface area contributed by atoms with Crippen LogP contribution in [0.15, 0.2) is 0 Å². The second kappa shape index (κ2) is 4.52. The van der Waals surface area contributed by atoms with Gasteiger partial charge in [0.1, 0.15) is 11.2 Å². The SMILES string of the molecule is CC(C)(O)C#CC(C)(O)CNC(C)(C)C. The van der Waals surface area contributed by atoms with Gasteiger partial charge in [0.25, 0.3) is 0 Å². The molecule has 88 valence electrons. The van der Waals surface area contributed by atoms with Crippen LogP contribution in [-0.4, -0.2) is 33.5 Å². The van der Waals surface area contributed by atoms with Gasteiger partial charge in [-0.2, -0.15) is 0 Å². The van der Waals surface area contributed by atoms with E-state index in [0.29, 0.717) is 6.54 Å². The van der Waals surface area contributed by atoms with Crippen molar-refractivity contribution in [1.29, 1.82) is 0 Å². The molecule has 0 aliphatic carbocycles. The van der Waals surface area contributed by atoms with Crippen molar-refractivity contribution in [2.24, 2.45) is 0 Å². The van der Waals surface area contributed by atoms with Crippen LogP contribution in [0.2, 0.25) is 0 Å². The Labute approximate surface area is 92.9 Å². The lowest BCUT2D eigenvalue weighted by atomic mass is 10.0. The standard InChI is InChI=1S/C12H23NO2/c1-10(2,3)13-9-12(6,15)8-7-11(4,5)14/h13-15H,9H2,1-6H3. The number of β-amino-alcohol motifs (C(OH)–C–C–N with tert-alkyl or cyclic N) is 1. The number of aliphatic hydroxyl groups is 2. The summed E-state index contributed by atoms with van der Waals surface area (Å²) in [5, 5.41) is 22.5. The summed E-state index contributed by atoms with van der Waals surface area (Å²) in [5.74, 6) is 5.28. The molecule has 0 aliphatic rings. The molecule has 0 aromatic heterocycles. The van der Waals surface area contributed by atoms with Crippen molar-refractivity contribution in [3.05, 3.63) is 0 Å². The zero-order valence-corrected chi connectivity index (χ0v) is 10.6. The molecule has 0 saturated carbocycles. The molecule has 3 N–H and O–H groups in total. The van der Waals surface area contributed by atoms with E-state index >= 15 is 0 Å². The first-order valence-electron chi connectivity index (χ1n) is 5.15. The van der Waals surface area contributed by atoms with Crippen LogP contribution in [0.4, 0.5) is 0 Å². The molecule has 0 aromatic carbocycles. The minimum absolute atomic E-state index is 0.0552. The van der Waals surface area contributed by atoms with E-state index in [-0.39, 0.29) is 5.54 Å². The highest BCUT2D eigenvalue weighted by Crippen LogP contribution is 2.06. The Morgan fingerprint density at radius 2 is 1.40 bits per heavy atom. The van der Waals surface area contributed by atoms with Crippen LogP contribution < -0.4 is 5.32 Å². The van der Waals surface area contributed by atoms with Gasteiger partial charge < -0.3 is 15.5 Å². The molecule has 0 amide bonds. The first kappa shape index (κ1) is 14.4. The van der Waals surface area contributed by atoms with E-state index in [0.717, 1.165) is 0 Å². The zero-order valence-electron chi connectivity index (χ0n) is 10.6. The van der Waals surface area contributed by atoms with Crippen LogP contribution in [0, 0.1) is 11.8 Å². The quantitative estimate of drug-likeness (QED) is 0.597. The van der Waals surface area contributed by atoms with Gasteiger partial charge in [0.2, 0.25) is 0 Å².